The summed E-state index contributed by atoms with van der Waals surface area (Å²) in [4.78, 5) is 48.8. The number of hydrogen-bond acceptors (Lipinski definition) is 10. The third kappa shape index (κ3) is 7.63. The van der Waals surface area contributed by atoms with Crippen LogP contribution in [0.2, 0.25) is 0 Å². The van der Waals surface area contributed by atoms with Gasteiger partial charge >= 0.3 is 23.9 Å². The van der Waals surface area contributed by atoms with Gasteiger partial charge in [-0.25, -0.2) is 0 Å². The Kier molecular flexibility index (Phi) is 10.6. The van der Waals surface area contributed by atoms with Crippen molar-refractivity contribution in [3.8, 4) is 0 Å². The molecule has 0 N–H and O–H groups in total. The van der Waals surface area contributed by atoms with Crippen LogP contribution in [0, 0.1) is 0 Å². The van der Waals surface area contributed by atoms with Crippen LogP contribution in [-0.4, -0.2) is 60.3 Å². The molecule has 3 aromatic carbocycles. The van der Waals surface area contributed by atoms with E-state index in [0.29, 0.717) is 0 Å². The summed E-state index contributed by atoms with van der Waals surface area (Å²) in [7, 11) is 0. The summed E-state index contributed by atoms with van der Waals surface area (Å²) in [6.07, 6.45) is -4.76. The van der Waals surface area contributed by atoms with Crippen molar-refractivity contribution < 1.29 is 42.9 Å². The summed E-state index contributed by atoms with van der Waals surface area (Å²) >= 11 is 1.34. The van der Waals surface area contributed by atoms with Crippen LogP contribution >= 0.6 is 11.8 Å². The van der Waals surface area contributed by atoms with Crippen molar-refractivity contribution in [3.05, 3.63) is 108 Å². The Morgan fingerprint density at radius 2 is 1.00 bits per heavy atom. The maximum atomic E-state index is 12.5. The second-order valence-electron chi connectivity index (χ2n) is 9.96. The van der Waals surface area contributed by atoms with E-state index in [2.05, 4.69) is 0 Å². The van der Waals surface area contributed by atoms with Gasteiger partial charge in [0.15, 0.2) is 18.3 Å². The van der Waals surface area contributed by atoms with Gasteiger partial charge in [-0.05, 0) is 16.7 Å². The number of ether oxygens (including phenoxy) is 5. The highest BCUT2D eigenvalue weighted by Crippen LogP contribution is 2.52. The predicted octanol–water partition coefficient (Wildman–Crippen LogP) is 4.79. The summed E-state index contributed by atoms with van der Waals surface area (Å²) < 4.78 is 27.9. The van der Waals surface area contributed by atoms with E-state index < -0.39 is 58.5 Å². The summed E-state index contributed by atoms with van der Waals surface area (Å²) in [5.41, 5.74) is 1.72. The lowest BCUT2D eigenvalue weighted by atomic mass is 9.84. The fraction of sp³-hybridized carbons (Fsp3) is 0.333. The van der Waals surface area contributed by atoms with Gasteiger partial charge in [0.1, 0.15) is 18.1 Å². The molecule has 1 fully saturated rings. The van der Waals surface area contributed by atoms with E-state index in [1.165, 1.54) is 39.5 Å². The molecule has 5 atom stereocenters. The Bertz CT molecular complexity index is 1300. The number of thioether (sulfide) groups is 1. The number of carbonyl (C=O) groups is 4. The van der Waals surface area contributed by atoms with E-state index in [-0.39, 0.29) is 6.61 Å². The first-order chi connectivity index (χ1) is 20.6. The highest BCUT2D eigenvalue weighted by Gasteiger charge is 2.55. The van der Waals surface area contributed by atoms with E-state index in [0.717, 1.165) is 16.7 Å². The average molecular weight is 607 g/mol. The number of carbonyl (C=O) groups excluding carboxylic acids is 4. The highest BCUT2D eigenvalue weighted by atomic mass is 32.2. The molecular formula is C33H34O9S. The minimum atomic E-state index is -1.27. The molecule has 1 aliphatic heterocycles. The normalized spacial score (nSPS) is 21.7. The first kappa shape index (κ1) is 31.8. The molecule has 3 aromatic rings. The Hall–Kier alpha value is -4.15. The van der Waals surface area contributed by atoms with Crippen molar-refractivity contribution in [1.82, 2.24) is 0 Å². The summed E-state index contributed by atoms with van der Waals surface area (Å²) in [5, 5.41) is 0. The maximum absolute atomic E-state index is 12.5. The second-order valence-corrected chi connectivity index (χ2v) is 11.3. The van der Waals surface area contributed by atoms with Crippen LogP contribution in [0.25, 0.3) is 0 Å². The number of benzene rings is 3. The van der Waals surface area contributed by atoms with Gasteiger partial charge in [0.2, 0.25) is 0 Å². The number of hydrogen-bond donors (Lipinski definition) is 0. The molecule has 226 valence electrons. The van der Waals surface area contributed by atoms with Crippen molar-refractivity contribution in [2.75, 3.05) is 6.61 Å². The molecule has 10 heteroatoms. The summed E-state index contributed by atoms with van der Waals surface area (Å²) in [6, 6.07) is 29.4. The fourth-order valence-electron chi connectivity index (χ4n) is 5.18. The van der Waals surface area contributed by atoms with Gasteiger partial charge < -0.3 is 23.7 Å². The quantitative estimate of drug-likeness (QED) is 0.181. The fourth-order valence-corrected chi connectivity index (χ4v) is 6.89. The maximum Gasteiger partial charge on any atom is 0.303 e. The largest absolute Gasteiger partial charge is 0.463 e. The van der Waals surface area contributed by atoms with Crippen molar-refractivity contribution in [1.29, 1.82) is 0 Å². The lowest BCUT2D eigenvalue weighted by Crippen LogP contribution is -2.62. The molecule has 0 amide bonds. The molecule has 0 aliphatic carbocycles. The summed E-state index contributed by atoms with van der Waals surface area (Å²) in [6.45, 7) is 4.57. The SMILES string of the molecule is CC(=O)OC[C@H]1O[C@@H](SC(c2ccccc2)(c2ccccc2)c2ccccc2)[C@H](OC(C)=O)[C@@H](OC(C)=O)[C@H]1OC(C)=O. The lowest BCUT2D eigenvalue weighted by molar-refractivity contribution is -0.237. The van der Waals surface area contributed by atoms with Crippen LogP contribution in [0.4, 0.5) is 0 Å². The number of rotatable bonds is 10. The van der Waals surface area contributed by atoms with Crippen LogP contribution in [-0.2, 0) is 47.6 Å². The van der Waals surface area contributed by atoms with Crippen LogP contribution in [0.1, 0.15) is 44.4 Å². The molecule has 4 rings (SSSR count). The standard InChI is InChI=1S/C33H34O9S/c1-21(34)38-20-28-29(39-22(2)35)30(40-23(3)36)31(41-24(4)37)32(42-28)43-33(25-14-8-5-9-15-25,26-16-10-6-11-17-26)27-18-12-7-13-19-27/h5-19,28-32H,20H2,1-4H3/t28-,29+,30+,31-,32+/m1/s1. The van der Waals surface area contributed by atoms with Gasteiger partial charge in [-0.3, -0.25) is 19.2 Å². The van der Waals surface area contributed by atoms with Crippen molar-refractivity contribution in [3.63, 3.8) is 0 Å². The smallest absolute Gasteiger partial charge is 0.303 e. The topological polar surface area (TPSA) is 114 Å². The molecule has 1 saturated heterocycles. The number of esters is 4. The minimum absolute atomic E-state index is 0.302. The third-order valence-electron chi connectivity index (χ3n) is 6.78. The Balaban J connectivity index is 1.93. The lowest BCUT2D eigenvalue weighted by Gasteiger charge is -2.47. The molecule has 9 nitrogen and oxygen atoms in total. The van der Waals surface area contributed by atoms with Crippen molar-refractivity contribution in [2.24, 2.45) is 0 Å². The summed E-state index contributed by atoms with van der Waals surface area (Å²) in [5.74, 6) is -2.59. The van der Waals surface area contributed by atoms with Gasteiger partial charge in [0.05, 0.1) is 4.75 Å². The van der Waals surface area contributed by atoms with Crippen LogP contribution < -0.4 is 0 Å². The zero-order valence-electron chi connectivity index (χ0n) is 24.3. The zero-order valence-corrected chi connectivity index (χ0v) is 25.2. The average Bonchev–Trinajstić information content (AvgIpc) is 2.98. The van der Waals surface area contributed by atoms with E-state index in [1.807, 2.05) is 91.0 Å². The van der Waals surface area contributed by atoms with Gasteiger partial charge in [-0.15, -0.1) is 11.8 Å². The molecule has 0 spiro atoms. The van der Waals surface area contributed by atoms with Gasteiger partial charge in [0.25, 0.3) is 0 Å². The van der Waals surface area contributed by atoms with Crippen LogP contribution in [0.3, 0.4) is 0 Å². The Morgan fingerprint density at radius 3 is 1.40 bits per heavy atom. The minimum Gasteiger partial charge on any atom is -0.463 e. The second kappa shape index (κ2) is 14.3. The monoisotopic (exact) mass is 606 g/mol. The molecule has 0 bridgehead atoms. The Labute approximate surface area is 254 Å². The van der Waals surface area contributed by atoms with Crippen molar-refractivity contribution >= 4 is 35.6 Å². The third-order valence-corrected chi connectivity index (χ3v) is 8.45. The van der Waals surface area contributed by atoms with Crippen molar-refractivity contribution in [2.45, 2.75) is 62.3 Å². The van der Waals surface area contributed by atoms with E-state index in [4.69, 9.17) is 23.7 Å². The van der Waals surface area contributed by atoms with E-state index in [1.54, 1.807) is 0 Å². The highest BCUT2D eigenvalue weighted by molar-refractivity contribution is 8.01. The first-order valence-electron chi connectivity index (χ1n) is 13.8. The molecule has 1 aliphatic rings. The molecule has 0 saturated carbocycles. The van der Waals surface area contributed by atoms with E-state index in [9.17, 15) is 19.2 Å². The zero-order chi connectivity index (χ0) is 31.0. The molecule has 0 aromatic heterocycles. The van der Waals surface area contributed by atoms with E-state index >= 15 is 0 Å². The predicted molar refractivity (Wildman–Crippen MR) is 159 cm³/mol. The Morgan fingerprint density at radius 1 is 0.605 bits per heavy atom. The first-order valence-corrected chi connectivity index (χ1v) is 14.6. The molecular weight excluding hydrogens is 572 g/mol. The van der Waals surface area contributed by atoms with Gasteiger partial charge in [-0.1, -0.05) is 91.0 Å². The molecule has 1 heterocycles. The van der Waals surface area contributed by atoms with Gasteiger partial charge in [0, 0.05) is 27.7 Å². The molecule has 0 radical (unpaired) electrons. The van der Waals surface area contributed by atoms with Crippen LogP contribution in [0.5, 0.6) is 0 Å². The van der Waals surface area contributed by atoms with Gasteiger partial charge in [-0.2, -0.15) is 0 Å². The van der Waals surface area contributed by atoms with Crippen LogP contribution in [0.15, 0.2) is 91.0 Å². The molecule has 0 unspecified atom stereocenters. The molecule has 43 heavy (non-hydrogen) atoms.